The number of thioether (sulfide) groups is 1. The van der Waals surface area contributed by atoms with Crippen LogP contribution in [0, 0.1) is 11.7 Å². The van der Waals surface area contributed by atoms with E-state index >= 15 is 0 Å². The zero-order valence-electron chi connectivity index (χ0n) is 19.1. The largest absolute Gasteiger partial charge is 0.466 e. The summed E-state index contributed by atoms with van der Waals surface area (Å²) in [5, 5.41) is -0.918. The van der Waals surface area contributed by atoms with Crippen LogP contribution in [0.3, 0.4) is 0 Å². The molecule has 1 aliphatic carbocycles. The van der Waals surface area contributed by atoms with Gasteiger partial charge in [0.25, 0.3) is 5.56 Å². The van der Waals surface area contributed by atoms with E-state index in [1.807, 2.05) is 0 Å². The maximum Gasteiger partial charge on any atom is 0.431 e. The van der Waals surface area contributed by atoms with Crippen molar-refractivity contribution in [2.75, 3.05) is 13.2 Å². The van der Waals surface area contributed by atoms with Crippen molar-refractivity contribution in [2.24, 2.45) is 13.0 Å². The van der Waals surface area contributed by atoms with Crippen LogP contribution >= 0.6 is 23.4 Å². The summed E-state index contributed by atoms with van der Waals surface area (Å²) < 4.78 is 64.6. The number of carbonyl (C=O) groups is 2. The predicted octanol–water partition coefficient (Wildman–Crippen LogP) is 3.71. The van der Waals surface area contributed by atoms with Gasteiger partial charge in [0.05, 0.1) is 23.7 Å². The summed E-state index contributed by atoms with van der Waals surface area (Å²) in [7, 11) is 0.806. The molecule has 196 valence electrons. The Bertz CT molecular complexity index is 1290. The Labute approximate surface area is 211 Å². The Morgan fingerprint density at radius 2 is 1.86 bits per heavy atom. The van der Waals surface area contributed by atoms with Crippen molar-refractivity contribution in [1.82, 2.24) is 9.13 Å². The van der Waals surface area contributed by atoms with Crippen molar-refractivity contribution >= 4 is 35.3 Å². The first-order valence-corrected chi connectivity index (χ1v) is 12.0. The third-order valence-electron chi connectivity index (χ3n) is 5.25. The van der Waals surface area contributed by atoms with Crippen molar-refractivity contribution in [3.63, 3.8) is 0 Å². The Hall–Kier alpha value is -2.80. The van der Waals surface area contributed by atoms with Gasteiger partial charge in [-0.05, 0) is 37.8 Å². The molecule has 14 heteroatoms. The number of ether oxygens (including phenoxy) is 2. The summed E-state index contributed by atoms with van der Waals surface area (Å²) in [6.45, 7) is 1.61. The van der Waals surface area contributed by atoms with Gasteiger partial charge in [0.15, 0.2) is 0 Å². The first kappa shape index (κ1) is 27.8. The first-order valence-electron chi connectivity index (χ1n) is 10.7. The molecule has 1 fully saturated rings. The number of hydrogen-bond acceptors (Lipinski definition) is 7. The monoisotopic (exact) mass is 552 g/mol. The molecule has 0 spiro atoms. The van der Waals surface area contributed by atoms with Gasteiger partial charge in [-0.3, -0.25) is 19.0 Å². The SMILES string of the molecule is CCOC(=O)CCOC(=O)C(Sc1cc(-n2c(=O)cc(C(F)(F)F)n(C)c2=O)c(F)cc1Cl)C1CC1. The maximum absolute atomic E-state index is 14.8. The van der Waals surface area contributed by atoms with Gasteiger partial charge in [-0.25, -0.2) is 13.8 Å². The molecule has 0 N–H and O–H groups in total. The molecule has 1 aliphatic rings. The van der Waals surface area contributed by atoms with E-state index in [4.69, 9.17) is 21.1 Å². The van der Waals surface area contributed by atoms with Crippen molar-refractivity contribution < 1.29 is 36.6 Å². The lowest BCUT2D eigenvalue weighted by Crippen LogP contribution is -2.41. The van der Waals surface area contributed by atoms with E-state index in [1.54, 1.807) is 6.92 Å². The molecule has 0 amide bonds. The molecule has 0 saturated heterocycles. The second-order valence-corrected chi connectivity index (χ2v) is 9.47. The van der Waals surface area contributed by atoms with Gasteiger partial charge in [0, 0.05) is 18.0 Å². The molecule has 1 saturated carbocycles. The molecule has 0 bridgehead atoms. The van der Waals surface area contributed by atoms with E-state index in [-0.39, 0.29) is 50.7 Å². The fourth-order valence-corrected chi connectivity index (χ4v) is 4.86. The third kappa shape index (κ3) is 6.30. The molecule has 3 rings (SSSR count). The van der Waals surface area contributed by atoms with Gasteiger partial charge in [-0.1, -0.05) is 11.6 Å². The summed E-state index contributed by atoms with van der Waals surface area (Å²) in [4.78, 5) is 49.2. The van der Waals surface area contributed by atoms with Gasteiger partial charge in [-0.2, -0.15) is 13.2 Å². The van der Waals surface area contributed by atoms with Gasteiger partial charge in [0.2, 0.25) is 0 Å². The highest BCUT2D eigenvalue weighted by Gasteiger charge is 2.39. The number of carbonyl (C=O) groups excluding carboxylic acids is 2. The van der Waals surface area contributed by atoms with Crippen molar-refractivity contribution in [3.8, 4) is 5.69 Å². The summed E-state index contributed by atoms with van der Waals surface area (Å²) >= 11 is 7.06. The second-order valence-electron chi connectivity index (χ2n) is 7.88. The average Bonchev–Trinajstić information content (AvgIpc) is 3.61. The van der Waals surface area contributed by atoms with Crippen LogP contribution in [0.5, 0.6) is 0 Å². The summed E-state index contributed by atoms with van der Waals surface area (Å²) in [5.74, 6) is -2.38. The Kier molecular flexibility index (Phi) is 8.55. The molecular weight excluding hydrogens is 532 g/mol. The quantitative estimate of drug-likeness (QED) is 0.266. The number of rotatable bonds is 9. The summed E-state index contributed by atoms with van der Waals surface area (Å²) in [6.07, 6.45) is -3.70. The number of hydrogen-bond donors (Lipinski definition) is 0. The zero-order chi connectivity index (χ0) is 26.8. The van der Waals surface area contributed by atoms with E-state index in [0.29, 0.717) is 12.8 Å². The Balaban J connectivity index is 1.92. The minimum absolute atomic E-state index is 0.0867. The fraction of sp³-hybridized carbons (Fsp3) is 0.455. The standard InChI is InChI=1S/C22H21ClF4N2O6S/c1-3-34-18(31)6-7-35-20(32)19(11-4-5-11)36-15-9-14(13(24)8-12(15)23)29-17(30)10-16(22(25,26)27)28(2)21(29)33/h8-11,19H,3-7H2,1-2H3. The van der Waals surface area contributed by atoms with Crippen molar-refractivity contribution in [3.05, 3.63) is 55.6 Å². The lowest BCUT2D eigenvalue weighted by Gasteiger charge is -2.18. The van der Waals surface area contributed by atoms with E-state index in [2.05, 4.69) is 0 Å². The highest BCUT2D eigenvalue weighted by atomic mass is 35.5. The lowest BCUT2D eigenvalue weighted by molar-refractivity contribution is -0.149. The van der Waals surface area contributed by atoms with E-state index in [0.717, 1.165) is 30.9 Å². The molecule has 1 atom stereocenters. The van der Waals surface area contributed by atoms with Crippen LogP contribution in [-0.2, 0) is 32.3 Å². The molecule has 36 heavy (non-hydrogen) atoms. The highest BCUT2D eigenvalue weighted by molar-refractivity contribution is 8.00. The van der Waals surface area contributed by atoms with Gasteiger partial charge in [-0.15, -0.1) is 11.8 Å². The summed E-state index contributed by atoms with van der Waals surface area (Å²) in [5.41, 5.74) is -4.91. The molecular formula is C22H21ClF4N2O6S. The van der Waals surface area contributed by atoms with Crippen LogP contribution < -0.4 is 11.2 Å². The Morgan fingerprint density at radius 3 is 2.44 bits per heavy atom. The van der Waals surface area contributed by atoms with E-state index in [9.17, 15) is 36.7 Å². The van der Waals surface area contributed by atoms with Crippen molar-refractivity contribution in [1.29, 1.82) is 0 Å². The zero-order valence-corrected chi connectivity index (χ0v) is 20.6. The minimum Gasteiger partial charge on any atom is -0.466 e. The van der Waals surface area contributed by atoms with Crippen LogP contribution in [-0.4, -0.2) is 39.5 Å². The average molecular weight is 553 g/mol. The first-order chi connectivity index (χ1) is 16.8. The maximum atomic E-state index is 14.8. The number of benzene rings is 1. The van der Waals surface area contributed by atoms with Crippen LogP contribution in [0.4, 0.5) is 17.6 Å². The van der Waals surface area contributed by atoms with E-state index < -0.39 is 51.8 Å². The van der Waals surface area contributed by atoms with Crippen LogP contribution in [0.1, 0.15) is 31.9 Å². The van der Waals surface area contributed by atoms with Gasteiger partial charge >= 0.3 is 23.8 Å². The van der Waals surface area contributed by atoms with Crippen LogP contribution in [0.15, 0.2) is 32.7 Å². The van der Waals surface area contributed by atoms with Gasteiger partial charge < -0.3 is 9.47 Å². The second kappa shape index (κ2) is 11.1. The highest BCUT2D eigenvalue weighted by Crippen LogP contribution is 2.44. The van der Waals surface area contributed by atoms with Gasteiger partial charge in [0.1, 0.15) is 23.4 Å². The molecule has 0 radical (unpaired) electrons. The molecule has 1 heterocycles. The number of halogens is 5. The van der Waals surface area contributed by atoms with E-state index in [1.165, 1.54) is 0 Å². The number of nitrogens with zero attached hydrogens (tertiary/aromatic N) is 2. The molecule has 1 unspecified atom stereocenters. The smallest absolute Gasteiger partial charge is 0.431 e. The van der Waals surface area contributed by atoms with Crippen LogP contribution in [0.25, 0.3) is 5.69 Å². The van der Waals surface area contributed by atoms with Crippen molar-refractivity contribution in [2.45, 2.75) is 42.5 Å². The molecule has 0 aliphatic heterocycles. The normalized spacial score (nSPS) is 14.4. The number of esters is 2. The number of alkyl halides is 3. The molecule has 2 aromatic rings. The summed E-state index contributed by atoms with van der Waals surface area (Å²) in [6, 6.07) is 2.02. The minimum atomic E-state index is -4.98. The number of aromatic nitrogens is 2. The molecule has 1 aromatic carbocycles. The predicted molar refractivity (Wildman–Crippen MR) is 122 cm³/mol. The molecule has 1 aromatic heterocycles. The molecule has 8 nitrogen and oxygen atoms in total. The lowest BCUT2D eigenvalue weighted by atomic mass is 10.3. The fourth-order valence-electron chi connectivity index (χ4n) is 3.32. The topological polar surface area (TPSA) is 96.6 Å². The Morgan fingerprint density at radius 1 is 1.19 bits per heavy atom. The van der Waals surface area contributed by atoms with Crippen LogP contribution in [0.2, 0.25) is 5.02 Å². The third-order valence-corrected chi connectivity index (χ3v) is 7.09.